The second-order valence-corrected chi connectivity index (χ2v) is 6.49. The van der Waals surface area contributed by atoms with Gasteiger partial charge in [-0.15, -0.1) is 0 Å². The molecule has 1 heterocycles. The maximum Gasteiger partial charge on any atom is 0.339 e. The molecule has 2 rings (SSSR count). The van der Waals surface area contributed by atoms with Crippen molar-refractivity contribution < 1.29 is 17.9 Å². The number of ether oxygens (including phenoxy) is 1. The first-order chi connectivity index (χ1) is 8.84. The number of nitrogen functional groups attached to an aromatic ring is 1. The molecular weight excluding hydrogens is 268 g/mol. The van der Waals surface area contributed by atoms with E-state index in [1.165, 1.54) is 17.7 Å². The minimum atomic E-state index is -3.21. The Bertz CT molecular complexity index is 625. The first-order valence-electron chi connectivity index (χ1n) is 5.78. The molecule has 0 aliphatic carbocycles. The zero-order valence-electron chi connectivity index (χ0n) is 10.8. The van der Waals surface area contributed by atoms with Gasteiger partial charge in [-0.25, -0.2) is 13.2 Å². The van der Waals surface area contributed by atoms with E-state index in [2.05, 4.69) is 4.74 Å². The zero-order chi connectivity index (χ0) is 14.2. The normalized spacial score (nSPS) is 15.9. The molecule has 0 saturated carbocycles. The summed E-state index contributed by atoms with van der Waals surface area (Å²) in [7, 11) is -1.91. The van der Waals surface area contributed by atoms with Crippen LogP contribution in [0.5, 0.6) is 0 Å². The van der Waals surface area contributed by atoms with Crippen LogP contribution in [0.15, 0.2) is 12.1 Å². The number of nitrogens with zero attached hydrogens (tertiary/aromatic N) is 1. The Morgan fingerprint density at radius 3 is 2.68 bits per heavy atom. The van der Waals surface area contributed by atoms with Crippen LogP contribution in [0.25, 0.3) is 0 Å². The van der Waals surface area contributed by atoms with Crippen molar-refractivity contribution in [3.63, 3.8) is 0 Å². The number of hydrogen-bond acceptors (Lipinski definition) is 5. The van der Waals surface area contributed by atoms with E-state index in [9.17, 15) is 13.2 Å². The molecule has 1 aromatic carbocycles. The van der Waals surface area contributed by atoms with Gasteiger partial charge in [0.15, 0.2) is 0 Å². The summed E-state index contributed by atoms with van der Waals surface area (Å²) in [5, 5.41) is 0. The van der Waals surface area contributed by atoms with E-state index in [1.54, 1.807) is 12.1 Å². The number of esters is 1. The summed E-state index contributed by atoms with van der Waals surface area (Å²) in [6.45, 7) is 0.667. The SMILES string of the molecule is COC(=O)c1ccc2c(c1N)CCN(S(C)(=O)=O)C2. The van der Waals surface area contributed by atoms with Crippen LogP contribution in [0.4, 0.5) is 5.69 Å². The van der Waals surface area contributed by atoms with Crippen molar-refractivity contribution in [3.05, 3.63) is 28.8 Å². The fourth-order valence-electron chi connectivity index (χ4n) is 2.23. The van der Waals surface area contributed by atoms with Crippen LogP contribution in [-0.4, -0.2) is 38.6 Å². The van der Waals surface area contributed by atoms with E-state index in [1.807, 2.05) is 0 Å². The van der Waals surface area contributed by atoms with Crippen molar-refractivity contribution in [3.8, 4) is 0 Å². The second-order valence-electron chi connectivity index (χ2n) is 4.50. The molecule has 0 saturated heterocycles. The van der Waals surface area contributed by atoms with Gasteiger partial charge < -0.3 is 10.5 Å². The van der Waals surface area contributed by atoms with Gasteiger partial charge in [0, 0.05) is 18.8 Å². The molecule has 2 N–H and O–H groups in total. The van der Waals surface area contributed by atoms with E-state index in [-0.39, 0.29) is 0 Å². The number of benzene rings is 1. The molecule has 1 aliphatic rings. The van der Waals surface area contributed by atoms with Crippen molar-refractivity contribution in [2.75, 3.05) is 25.6 Å². The number of rotatable bonds is 2. The Balaban J connectivity index is 2.40. The number of fused-ring (bicyclic) bond motifs is 1. The van der Waals surface area contributed by atoms with Crippen LogP contribution in [0.3, 0.4) is 0 Å². The first-order valence-corrected chi connectivity index (χ1v) is 7.63. The van der Waals surface area contributed by atoms with Gasteiger partial charge in [0.2, 0.25) is 10.0 Å². The summed E-state index contributed by atoms with van der Waals surface area (Å²) < 4.78 is 29.1. The van der Waals surface area contributed by atoms with Gasteiger partial charge in [0.05, 0.1) is 18.9 Å². The smallest absolute Gasteiger partial charge is 0.339 e. The number of anilines is 1. The summed E-state index contributed by atoms with van der Waals surface area (Å²) in [5.41, 5.74) is 8.35. The maximum absolute atomic E-state index is 11.5. The van der Waals surface area contributed by atoms with Crippen LogP contribution in [0, 0.1) is 0 Å². The van der Waals surface area contributed by atoms with Crippen molar-refractivity contribution >= 4 is 21.7 Å². The van der Waals surface area contributed by atoms with Crippen molar-refractivity contribution in [2.45, 2.75) is 13.0 Å². The Kier molecular flexibility index (Phi) is 3.51. The van der Waals surface area contributed by atoms with Crippen LogP contribution in [0.2, 0.25) is 0 Å². The van der Waals surface area contributed by atoms with Gasteiger partial charge in [0.25, 0.3) is 0 Å². The summed E-state index contributed by atoms with van der Waals surface area (Å²) in [5.74, 6) is -0.481. The lowest BCUT2D eigenvalue weighted by atomic mass is 9.96. The standard InChI is InChI=1S/C12H16N2O4S/c1-18-12(15)10-4-3-8-7-14(19(2,16)17)6-5-9(8)11(10)13/h3-4H,5-7,13H2,1-2H3. The fraction of sp³-hybridized carbons (Fsp3) is 0.417. The molecule has 104 valence electrons. The van der Waals surface area contributed by atoms with Crippen LogP contribution in [0.1, 0.15) is 21.5 Å². The minimum Gasteiger partial charge on any atom is -0.465 e. The molecule has 0 atom stereocenters. The summed E-state index contributed by atoms with van der Waals surface area (Å²) in [6.07, 6.45) is 1.68. The number of sulfonamides is 1. The molecule has 1 aromatic rings. The van der Waals surface area contributed by atoms with Crippen molar-refractivity contribution in [1.82, 2.24) is 4.31 Å². The highest BCUT2D eigenvalue weighted by Gasteiger charge is 2.26. The third kappa shape index (κ3) is 2.57. The lowest BCUT2D eigenvalue weighted by molar-refractivity contribution is 0.0601. The number of methoxy groups -OCH3 is 1. The van der Waals surface area contributed by atoms with Crippen molar-refractivity contribution in [1.29, 1.82) is 0 Å². The molecule has 0 fully saturated rings. The molecule has 7 heteroatoms. The van der Waals surface area contributed by atoms with E-state index in [0.29, 0.717) is 30.8 Å². The zero-order valence-corrected chi connectivity index (χ0v) is 11.7. The van der Waals surface area contributed by atoms with Gasteiger partial charge in [-0.1, -0.05) is 6.07 Å². The van der Waals surface area contributed by atoms with Gasteiger partial charge >= 0.3 is 5.97 Å². The van der Waals surface area contributed by atoms with Gasteiger partial charge in [-0.2, -0.15) is 4.31 Å². The Hall–Kier alpha value is -1.60. The van der Waals surface area contributed by atoms with E-state index >= 15 is 0 Å². The van der Waals surface area contributed by atoms with Crippen LogP contribution >= 0.6 is 0 Å². The molecule has 1 aliphatic heterocycles. The molecule has 0 amide bonds. The summed E-state index contributed by atoms with van der Waals surface area (Å²) in [4.78, 5) is 11.5. The molecule has 6 nitrogen and oxygen atoms in total. The van der Waals surface area contributed by atoms with E-state index in [4.69, 9.17) is 5.73 Å². The average molecular weight is 284 g/mol. The maximum atomic E-state index is 11.5. The molecule has 0 unspecified atom stereocenters. The Morgan fingerprint density at radius 2 is 2.11 bits per heavy atom. The van der Waals surface area contributed by atoms with Crippen LogP contribution < -0.4 is 5.73 Å². The topological polar surface area (TPSA) is 89.7 Å². The molecule has 0 radical (unpaired) electrons. The fourth-order valence-corrected chi connectivity index (χ4v) is 3.03. The summed E-state index contributed by atoms with van der Waals surface area (Å²) >= 11 is 0. The summed E-state index contributed by atoms with van der Waals surface area (Å²) in [6, 6.07) is 3.31. The number of carbonyl (C=O) groups is 1. The van der Waals surface area contributed by atoms with Gasteiger partial charge in [0.1, 0.15) is 0 Å². The lowest BCUT2D eigenvalue weighted by Gasteiger charge is -2.28. The molecular formula is C12H16N2O4S. The molecule has 0 bridgehead atoms. The molecule has 0 aromatic heterocycles. The number of carbonyl (C=O) groups excluding carboxylic acids is 1. The van der Waals surface area contributed by atoms with Gasteiger partial charge in [-0.05, 0) is 23.6 Å². The third-order valence-corrected chi connectivity index (χ3v) is 4.54. The number of nitrogens with two attached hydrogens (primary N) is 1. The number of hydrogen-bond donors (Lipinski definition) is 1. The lowest BCUT2D eigenvalue weighted by Crippen LogP contribution is -2.35. The average Bonchev–Trinajstić information content (AvgIpc) is 2.37. The Morgan fingerprint density at radius 1 is 1.42 bits per heavy atom. The molecule has 0 spiro atoms. The minimum absolute atomic E-state index is 0.291. The largest absolute Gasteiger partial charge is 0.465 e. The quantitative estimate of drug-likeness (QED) is 0.626. The van der Waals surface area contributed by atoms with Crippen molar-refractivity contribution in [2.24, 2.45) is 0 Å². The highest BCUT2D eigenvalue weighted by atomic mass is 32.2. The first kappa shape index (κ1) is 13.8. The monoisotopic (exact) mass is 284 g/mol. The van der Waals surface area contributed by atoms with Gasteiger partial charge in [-0.3, -0.25) is 0 Å². The highest BCUT2D eigenvalue weighted by molar-refractivity contribution is 7.88. The third-order valence-electron chi connectivity index (χ3n) is 3.29. The predicted molar refractivity (Wildman–Crippen MR) is 71.2 cm³/mol. The second kappa shape index (κ2) is 4.82. The Labute approximate surface area is 112 Å². The van der Waals surface area contributed by atoms with E-state index < -0.39 is 16.0 Å². The molecule has 19 heavy (non-hydrogen) atoms. The predicted octanol–water partition coefficient (Wildman–Crippen LogP) is 0.373. The van der Waals surface area contributed by atoms with Crippen LogP contribution in [-0.2, 0) is 27.7 Å². The highest BCUT2D eigenvalue weighted by Crippen LogP contribution is 2.28. The van der Waals surface area contributed by atoms with E-state index in [0.717, 1.165) is 11.1 Å².